The summed E-state index contributed by atoms with van der Waals surface area (Å²) < 4.78 is 5.40. The highest BCUT2D eigenvalue weighted by atomic mass is 16.5. The number of carbonyl (C=O) groups excluding carboxylic acids is 3. The molecule has 0 saturated heterocycles. The minimum absolute atomic E-state index is 0.00609. The van der Waals surface area contributed by atoms with Crippen molar-refractivity contribution in [3.8, 4) is 0 Å². The van der Waals surface area contributed by atoms with Crippen LogP contribution in [0.1, 0.15) is 30.9 Å². The monoisotopic (exact) mass is 429 g/mol. The molecule has 32 heavy (non-hydrogen) atoms. The summed E-state index contributed by atoms with van der Waals surface area (Å²) in [5.74, 6) is -2.12. The lowest BCUT2D eigenvalue weighted by molar-refractivity contribution is -0.156. The summed E-state index contributed by atoms with van der Waals surface area (Å²) in [4.78, 5) is 42.0. The smallest absolute Gasteiger partial charge is 0.311 e. The summed E-state index contributed by atoms with van der Waals surface area (Å²) in [7, 11) is 1.75. The van der Waals surface area contributed by atoms with Gasteiger partial charge in [-0.25, -0.2) is 0 Å². The van der Waals surface area contributed by atoms with Gasteiger partial charge in [-0.15, -0.1) is 0 Å². The van der Waals surface area contributed by atoms with E-state index in [0.29, 0.717) is 12.0 Å². The van der Waals surface area contributed by atoms with E-state index in [9.17, 15) is 14.4 Å². The summed E-state index contributed by atoms with van der Waals surface area (Å²) in [6, 6.07) is 17.8. The van der Waals surface area contributed by atoms with Crippen molar-refractivity contribution in [2.75, 3.05) is 18.6 Å². The number of Topliss-reactive ketones (excluding diaryl/α,β-unsaturated/α-hetero) is 1. The van der Waals surface area contributed by atoms with E-state index in [1.54, 1.807) is 18.9 Å². The van der Waals surface area contributed by atoms with Gasteiger partial charge in [0.05, 0.1) is 17.9 Å². The SMILES string of the molecule is CCOC(=O)[C@@H]1[C@@H]2C[C@@H](/C(=C\CCc3ccccc3)C2=O)[C@@]12C(=O)N(C)c1ccccc12. The summed E-state index contributed by atoms with van der Waals surface area (Å²) in [5, 5.41) is 0. The Balaban J connectivity index is 1.58. The zero-order chi connectivity index (χ0) is 22.5. The van der Waals surface area contributed by atoms with Gasteiger partial charge in [0.2, 0.25) is 5.91 Å². The van der Waals surface area contributed by atoms with Crippen molar-refractivity contribution in [1.82, 2.24) is 0 Å². The Hall–Kier alpha value is -3.21. The number of hydrogen-bond donors (Lipinski definition) is 0. The number of aryl methyl sites for hydroxylation is 1. The van der Waals surface area contributed by atoms with Crippen LogP contribution in [0.2, 0.25) is 0 Å². The summed E-state index contributed by atoms with van der Waals surface area (Å²) in [6.07, 6.45) is 4.08. The predicted octanol–water partition coefficient (Wildman–Crippen LogP) is 3.86. The van der Waals surface area contributed by atoms with Gasteiger partial charge in [0.15, 0.2) is 5.78 Å². The van der Waals surface area contributed by atoms with Gasteiger partial charge in [-0.05, 0) is 49.0 Å². The van der Waals surface area contributed by atoms with Crippen LogP contribution < -0.4 is 4.90 Å². The van der Waals surface area contributed by atoms with Gasteiger partial charge in [0.25, 0.3) is 0 Å². The number of para-hydroxylation sites is 1. The fourth-order valence-electron chi connectivity index (χ4n) is 6.25. The van der Waals surface area contributed by atoms with Crippen LogP contribution >= 0.6 is 0 Å². The van der Waals surface area contributed by atoms with Gasteiger partial charge in [0.1, 0.15) is 0 Å². The van der Waals surface area contributed by atoms with Crippen molar-refractivity contribution in [2.45, 2.75) is 31.6 Å². The molecule has 2 aliphatic carbocycles. The maximum Gasteiger partial charge on any atom is 0.311 e. The number of likely N-dealkylation sites (N-methyl/N-ethyl adjacent to an activating group) is 1. The number of nitrogens with zero attached hydrogens (tertiary/aromatic N) is 1. The molecule has 5 nitrogen and oxygen atoms in total. The summed E-state index contributed by atoms with van der Waals surface area (Å²) >= 11 is 0. The fraction of sp³-hybridized carbons (Fsp3) is 0.370. The van der Waals surface area contributed by atoms with Crippen LogP contribution in [0.5, 0.6) is 0 Å². The molecule has 2 saturated carbocycles. The van der Waals surface area contributed by atoms with Crippen LogP contribution in [0.3, 0.4) is 0 Å². The van der Waals surface area contributed by atoms with Gasteiger partial charge in [-0.3, -0.25) is 14.4 Å². The average molecular weight is 430 g/mol. The molecule has 164 valence electrons. The number of benzene rings is 2. The third-order valence-corrected chi connectivity index (χ3v) is 7.48. The van der Waals surface area contributed by atoms with Gasteiger partial charge in [0, 0.05) is 24.6 Å². The molecule has 1 aliphatic heterocycles. The molecule has 2 fully saturated rings. The van der Waals surface area contributed by atoms with E-state index in [0.717, 1.165) is 24.1 Å². The minimum atomic E-state index is -1.06. The molecule has 0 unspecified atom stereocenters. The molecular weight excluding hydrogens is 402 g/mol. The first-order chi connectivity index (χ1) is 15.5. The predicted molar refractivity (Wildman–Crippen MR) is 121 cm³/mol. The first-order valence-corrected chi connectivity index (χ1v) is 11.3. The quantitative estimate of drug-likeness (QED) is 0.535. The van der Waals surface area contributed by atoms with Crippen molar-refractivity contribution in [2.24, 2.45) is 17.8 Å². The Kier molecular flexibility index (Phi) is 5.00. The largest absolute Gasteiger partial charge is 0.466 e. The number of ether oxygens (including phenoxy) is 1. The van der Waals surface area contributed by atoms with Gasteiger partial charge in [-0.2, -0.15) is 0 Å². The minimum Gasteiger partial charge on any atom is -0.466 e. The number of rotatable bonds is 5. The van der Waals surface area contributed by atoms with E-state index in [-0.39, 0.29) is 24.2 Å². The molecular formula is C27H27NO4. The molecule has 1 amide bonds. The maximum absolute atomic E-state index is 13.8. The second-order valence-electron chi connectivity index (χ2n) is 8.92. The van der Waals surface area contributed by atoms with Crippen LogP contribution in [0.4, 0.5) is 5.69 Å². The molecule has 5 heteroatoms. The fourth-order valence-corrected chi connectivity index (χ4v) is 6.25. The lowest BCUT2D eigenvalue weighted by Crippen LogP contribution is -2.54. The lowest BCUT2D eigenvalue weighted by atomic mass is 9.60. The number of anilines is 1. The van der Waals surface area contributed by atoms with Crippen molar-refractivity contribution >= 4 is 23.3 Å². The molecule has 1 heterocycles. The van der Waals surface area contributed by atoms with Crippen molar-refractivity contribution in [1.29, 1.82) is 0 Å². The molecule has 0 N–H and O–H groups in total. The Morgan fingerprint density at radius 2 is 1.84 bits per heavy atom. The Morgan fingerprint density at radius 3 is 2.59 bits per heavy atom. The Bertz CT molecular complexity index is 1120. The molecule has 2 bridgehead atoms. The molecule has 4 atom stereocenters. The summed E-state index contributed by atoms with van der Waals surface area (Å²) in [5.41, 5.74) is 2.52. The van der Waals surface area contributed by atoms with E-state index in [1.807, 2.05) is 48.5 Å². The third kappa shape index (κ3) is 2.73. The Morgan fingerprint density at radius 1 is 1.12 bits per heavy atom. The zero-order valence-electron chi connectivity index (χ0n) is 18.4. The number of ketones is 1. The highest BCUT2D eigenvalue weighted by Crippen LogP contribution is 2.65. The third-order valence-electron chi connectivity index (χ3n) is 7.48. The van der Waals surface area contributed by atoms with Crippen molar-refractivity contribution in [3.63, 3.8) is 0 Å². The lowest BCUT2D eigenvalue weighted by Gasteiger charge is -2.39. The second-order valence-corrected chi connectivity index (χ2v) is 8.92. The van der Waals surface area contributed by atoms with E-state index in [2.05, 4.69) is 12.1 Å². The molecule has 3 aliphatic rings. The first kappa shape index (κ1) is 20.7. The molecule has 0 radical (unpaired) electrons. The van der Waals surface area contributed by atoms with E-state index in [4.69, 9.17) is 4.74 Å². The van der Waals surface area contributed by atoms with Gasteiger partial charge < -0.3 is 9.64 Å². The van der Waals surface area contributed by atoms with E-state index >= 15 is 0 Å². The van der Waals surface area contributed by atoms with E-state index in [1.165, 1.54) is 5.56 Å². The van der Waals surface area contributed by atoms with Crippen molar-refractivity contribution in [3.05, 3.63) is 77.4 Å². The number of allylic oxidation sites excluding steroid dienone is 2. The number of hydrogen-bond acceptors (Lipinski definition) is 4. The van der Waals surface area contributed by atoms with Crippen molar-refractivity contribution < 1.29 is 19.1 Å². The standard InChI is InChI=1S/C27H27NO4/c1-3-32-25(30)23-19-16-21(18(24(19)29)13-9-12-17-10-5-4-6-11-17)27(23)20-14-7-8-15-22(20)28(2)26(27)31/h4-8,10-11,13-15,19,21,23H,3,9,12,16H2,1-2H3/b18-13+/t19-,21-,23-,27+/m0/s1. The van der Waals surface area contributed by atoms with Crippen LogP contribution in [0.15, 0.2) is 66.2 Å². The highest BCUT2D eigenvalue weighted by molar-refractivity contribution is 6.16. The first-order valence-electron chi connectivity index (χ1n) is 11.3. The zero-order valence-corrected chi connectivity index (χ0v) is 18.4. The molecule has 2 aromatic carbocycles. The molecule has 2 aromatic rings. The molecule has 0 aromatic heterocycles. The van der Waals surface area contributed by atoms with Crippen LogP contribution in [0, 0.1) is 17.8 Å². The topological polar surface area (TPSA) is 63.7 Å². The normalized spacial score (nSPS) is 29.2. The molecule has 1 spiro atoms. The van der Waals surface area contributed by atoms with E-state index < -0.39 is 23.2 Å². The number of esters is 1. The van der Waals surface area contributed by atoms with Gasteiger partial charge >= 0.3 is 5.97 Å². The highest BCUT2D eigenvalue weighted by Gasteiger charge is 2.73. The number of amides is 1. The number of fused-ring (bicyclic) bond motifs is 5. The van der Waals surface area contributed by atoms with Crippen LogP contribution in [-0.2, 0) is 31.0 Å². The van der Waals surface area contributed by atoms with Gasteiger partial charge in [-0.1, -0.05) is 54.6 Å². The van der Waals surface area contributed by atoms with Crippen LogP contribution in [-0.4, -0.2) is 31.3 Å². The molecule has 5 rings (SSSR count). The average Bonchev–Trinajstić information content (AvgIpc) is 3.39. The summed E-state index contributed by atoms with van der Waals surface area (Å²) in [6.45, 7) is 1.98. The number of carbonyl (C=O) groups is 3. The van der Waals surface area contributed by atoms with Crippen LogP contribution in [0.25, 0.3) is 0 Å². The Labute approximate surface area is 188 Å². The maximum atomic E-state index is 13.8. The second kappa shape index (κ2) is 7.73.